The van der Waals surface area contributed by atoms with Gasteiger partial charge in [0.2, 0.25) is 10.0 Å². The molecule has 0 atom stereocenters. The van der Waals surface area contributed by atoms with E-state index in [2.05, 4.69) is 59.5 Å². The van der Waals surface area contributed by atoms with Gasteiger partial charge in [-0.15, -0.1) is 45.3 Å². The van der Waals surface area contributed by atoms with Gasteiger partial charge in [-0.2, -0.15) is 0 Å². The van der Waals surface area contributed by atoms with Crippen molar-refractivity contribution in [2.24, 2.45) is 9.98 Å². The molecule has 1 aliphatic rings. The zero-order valence-electron chi connectivity index (χ0n) is 26.6. The van der Waals surface area contributed by atoms with Crippen LogP contribution in [0.4, 0.5) is 10.0 Å². The molecule has 0 fully saturated rings. The molecule has 0 bridgehead atoms. The van der Waals surface area contributed by atoms with Crippen LogP contribution in [0.3, 0.4) is 0 Å². The van der Waals surface area contributed by atoms with E-state index in [1.54, 1.807) is 22.7 Å². The fourth-order valence-electron chi connectivity index (χ4n) is 5.76. The number of fused-ring (bicyclic) bond motifs is 7. The molecule has 8 nitrogen and oxygen atoms in total. The summed E-state index contributed by atoms with van der Waals surface area (Å²) >= 11 is 10.1. The van der Waals surface area contributed by atoms with Gasteiger partial charge in [0, 0.05) is 26.9 Å². The van der Waals surface area contributed by atoms with Crippen LogP contribution < -0.4 is 9.47 Å². The van der Waals surface area contributed by atoms with Crippen molar-refractivity contribution in [1.82, 2.24) is 0 Å². The van der Waals surface area contributed by atoms with Gasteiger partial charge in [0.1, 0.15) is 23.6 Å². The molecule has 242 valence electrons. The van der Waals surface area contributed by atoms with Gasteiger partial charge in [-0.05, 0) is 36.1 Å². The van der Waals surface area contributed by atoms with Crippen LogP contribution in [0.15, 0.2) is 34.3 Å². The van der Waals surface area contributed by atoms with E-state index in [4.69, 9.17) is 22.6 Å². The number of hydrogen-bond acceptors (Lipinski definition) is 12. The molecule has 6 aromatic rings. The molecule has 1 aliphatic carbocycles. The third-order valence-corrected chi connectivity index (χ3v) is 15.2. The van der Waals surface area contributed by atoms with E-state index in [1.807, 2.05) is 46.9 Å². The normalized spacial score (nSPS) is 13.6. The number of rotatable bonds is 10. The molecule has 0 spiro atoms. The van der Waals surface area contributed by atoms with Gasteiger partial charge in [-0.1, -0.05) is 73.5 Å². The van der Waals surface area contributed by atoms with Crippen molar-refractivity contribution >= 4 is 108 Å². The fourth-order valence-corrected chi connectivity index (χ4v) is 14.0. The molecular formula is C35H24N6O2S6. The lowest BCUT2D eigenvalue weighted by molar-refractivity contribution is 0.320. The van der Waals surface area contributed by atoms with Crippen LogP contribution in [0.5, 0.6) is 11.5 Å². The molecule has 0 unspecified atom stereocenters. The summed E-state index contributed by atoms with van der Waals surface area (Å²) in [6, 6.07) is 11.9. The Bertz CT molecular complexity index is 2320. The predicted octanol–water partition coefficient (Wildman–Crippen LogP) is 12.5. The molecule has 0 saturated heterocycles. The largest absolute Gasteiger partial charge is 0.492 e. The zero-order chi connectivity index (χ0) is 34.4. The molecule has 0 radical (unpaired) electrons. The van der Waals surface area contributed by atoms with Gasteiger partial charge in [-0.3, -0.25) is 0 Å². The Morgan fingerprint density at radius 2 is 1.12 bits per heavy atom. The van der Waals surface area contributed by atoms with Gasteiger partial charge in [0.25, 0.3) is 0 Å². The van der Waals surface area contributed by atoms with E-state index in [1.165, 1.54) is 62.4 Å². The number of nitriles is 2. The third-order valence-electron chi connectivity index (χ3n) is 7.77. The van der Waals surface area contributed by atoms with E-state index >= 15 is 0 Å². The molecule has 0 N–H and O–H groups in total. The maximum absolute atomic E-state index is 9.26. The molecule has 6 aromatic heterocycles. The van der Waals surface area contributed by atoms with Crippen LogP contribution in [0.1, 0.15) is 51.7 Å². The number of aliphatic imine (C=N–C) groups is 2. The van der Waals surface area contributed by atoms with Crippen molar-refractivity contribution < 1.29 is 9.47 Å². The summed E-state index contributed by atoms with van der Waals surface area (Å²) in [5.41, 5.74) is 2.49. The smallest absolute Gasteiger partial charge is 0.350 e. The average Bonchev–Trinajstić information content (AvgIpc) is 3.93. The Morgan fingerprint density at radius 1 is 0.694 bits per heavy atom. The first-order chi connectivity index (χ1) is 23.7. The maximum atomic E-state index is 9.26. The summed E-state index contributed by atoms with van der Waals surface area (Å²) in [5, 5.41) is 19.7. The quantitative estimate of drug-likeness (QED) is 0.0790. The van der Waals surface area contributed by atoms with Crippen molar-refractivity contribution in [1.29, 1.82) is 10.5 Å². The highest BCUT2D eigenvalue weighted by Gasteiger charge is 2.43. The van der Waals surface area contributed by atoms with Crippen molar-refractivity contribution in [3.8, 4) is 52.9 Å². The highest BCUT2D eigenvalue weighted by molar-refractivity contribution is 7.37. The number of thiophene rings is 6. The van der Waals surface area contributed by atoms with E-state index in [0.717, 1.165) is 43.8 Å². The molecule has 49 heavy (non-hydrogen) atoms. The average molecular weight is 753 g/mol. The van der Waals surface area contributed by atoms with Gasteiger partial charge in [-0.25, -0.2) is 10.5 Å². The molecule has 0 amide bonds. The molecule has 0 saturated carbocycles. The molecule has 0 aliphatic heterocycles. The summed E-state index contributed by atoms with van der Waals surface area (Å²) in [5.74, 6) is 1.07. The lowest BCUT2D eigenvalue weighted by Crippen LogP contribution is -2.14. The highest BCUT2D eigenvalue weighted by Crippen LogP contribution is 2.64. The summed E-state index contributed by atoms with van der Waals surface area (Å²) < 4.78 is 17.3. The van der Waals surface area contributed by atoms with E-state index in [0.29, 0.717) is 23.2 Å². The van der Waals surface area contributed by atoms with Crippen LogP contribution in [0.25, 0.3) is 57.8 Å². The third kappa shape index (κ3) is 5.65. The first-order valence-corrected chi connectivity index (χ1v) is 20.0. The van der Waals surface area contributed by atoms with Crippen LogP contribution in [0.2, 0.25) is 0 Å². The number of hydrogen-bond donors (Lipinski definition) is 0. The Balaban J connectivity index is 1.29. The maximum Gasteiger partial charge on any atom is 0.350 e. The SMILES string of the molecule is [C-]#[N+]C(C#N)=Nc1cc(OCCC)c(-c2cc3sc4c(c3s2)C(C)(C)c2c-4sc3cc(-c4sc(N=C(C#N)[N+]#[C-])cc4OCCC)sc23)s1. The Hall–Kier alpha value is -4.38. The van der Waals surface area contributed by atoms with Gasteiger partial charge >= 0.3 is 11.7 Å². The van der Waals surface area contributed by atoms with Crippen LogP contribution in [-0.4, -0.2) is 24.9 Å². The highest BCUT2D eigenvalue weighted by atomic mass is 32.1. The van der Waals surface area contributed by atoms with Crippen molar-refractivity contribution in [2.45, 2.75) is 46.0 Å². The molecular weight excluding hydrogens is 729 g/mol. The van der Waals surface area contributed by atoms with Crippen molar-refractivity contribution in [2.75, 3.05) is 13.2 Å². The summed E-state index contributed by atoms with van der Waals surface area (Å²) in [6.45, 7) is 24.4. The second-order valence-electron chi connectivity index (χ2n) is 11.4. The van der Waals surface area contributed by atoms with Crippen LogP contribution in [-0.2, 0) is 5.41 Å². The lowest BCUT2D eigenvalue weighted by atomic mass is 9.84. The lowest BCUT2D eigenvalue weighted by Gasteiger charge is -2.20. The standard InChI is InChI=1S/C35H24N6O2S6/c1-7-9-42-17-11-25(40-23(15-36)38-5)48-29(17)19-13-21-31(44-19)27-33(46-21)34-28(35(27,3)4)32-22(47-34)14-20(45-32)30-18(43-10-8-2)12-26(49-30)41-24(16-37)39-6/h11-14H,7-10H2,1-4H3. The van der Waals surface area contributed by atoms with E-state index in [9.17, 15) is 10.5 Å². The Kier molecular flexibility index (Phi) is 8.89. The van der Waals surface area contributed by atoms with Gasteiger partial charge < -0.3 is 19.2 Å². The van der Waals surface area contributed by atoms with Crippen molar-refractivity contribution in [3.05, 3.63) is 58.2 Å². The molecule has 14 heteroatoms. The minimum Gasteiger partial charge on any atom is -0.492 e. The van der Waals surface area contributed by atoms with E-state index < -0.39 is 0 Å². The van der Waals surface area contributed by atoms with Gasteiger partial charge in [0.15, 0.2) is 0 Å². The minimum atomic E-state index is -0.223. The van der Waals surface area contributed by atoms with E-state index in [-0.39, 0.29) is 17.1 Å². The second kappa shape index (κ2) is 13.2. The number of nitrogens with zero attached hydrogens (tertiary/aromatic N) is 6. The topological polar surface area (TPSA) is 99.5 Å². The van der Waals surface area contributed by atoms with Gasteiger partial charge in [0.05, 0.1) is 51.9 Å². The number of amidine groups is 2. The molecule has 0 aromatic carbocycles. The summed E-state index contributed by atoms with van der Waals surface area (Å²) in [7, 11) is 0. The molecule has 6 heterocycles. The van der Waals surface area contributed by atoms with Crippen LogP contribution >= 0.6 is 68.0 Å². The van der Waals surface area contributed by atoms with Crippen molar-refractivity contribution in [3.63, 3.8) is 0 Å². The first-order valence-electron chi connectivity index (χ1n) is 15.1. The fraction of sp³-hybridized carbons (Fsp3) is 0.257. The summed E-state index contributed by atoms with van der Waals surface area (Å²) in [4.78, 5) is 21.7. The zero-order valence-corrected chi connectivity index (χ0v) is 31.5. The molecule has 7 rings (SSSR count). The minimum absolute atomic E-state index is 0.193. The Morgan fingerprint density at radius 3 is 1.49 bits per heavy atom. The van der Waals surface area contributed by atoms with Crippen LogP contribution in [0, 0.1) is 35.8 Å². The first kappa shape index (κ1) is 33.1. The monoisotopic (exact) mass is 752 g/mol. The second-order valence-corrected chi connectivity index (χ2v) is 17.7. The Labute approximate surface area is 306 Å². The predicted molar refractivity (Wildman–Crippen MR) is 207 cm³/mol. The number of ether oxygens (including phenoxy) is 2. The summed E-state index contributed by atoms with van der Waals surface area (Å²) in [6.07, 6.45) is 1.72.